The van der Waals surface area contributed by atoms with Crippen molar-refractivity contribution in [2.24, 2.45) is 0 Å². The van der Waals surface area contributed by atoms with Crippen LogP contribution in [0.1, 0.15) is 12.8 Å². The highest BCUT2D eigenvalue weighted by atomic mass is 35.7. The van der Waals surface area contributed by atoms with Crippen LogP contribution >= 0.6 is 22.2 Å². The number of hydrogen-bond acceptors (Lipinski definition) is 1. The molecule has 1 aliphatic heterocycles. The Hall–Kier alpha value is 0.757. The van der Waals surface area contributed by atoms with E-state index in [-0.39, 0.29) is 0 Å². The molecule has 0 amide bonds. The van der Waals surface area contributed by atoms with E-state index in [1.807, 2.05) is 13.1 Å². The Morgan fingerprint density at radius 1 is 1.10 bits per heavy atom. The van der Waals surface area contributed by atoms with Crippen LogP contribution in [0.2, 0.25) is 13.1 Å². The second-order valence-electron chi connectivity index (χ2n) is 2.65. The molecule has 1 rings (SSSR count). The largest absolute Gasteiger partial charge is 0.381 e. The summed E-state index contributed by atoms with van der Waals surface area (Å²) in [7, 11) is 0. The van der Waals surface area contributed by atoms with Crippen molar-refractivity contribution >= 4 is 28.9 Å². The molecule has 1 saturated heterocycles. The fraction of sp³-hybridized carbons (Fsp3) is 1.00. The molecule has 1 aliphatic rings. The fourth-order valence-electron chi connectivity index (χ4n) is 0.510. The third-order valence-electron chi connectivity index (χ3n) is 0.827. The van der Waals surface area contributed by atoms with Crippen LogP contribution < -0.4 is 0 Å². The predicted octanol–water partition coefficient (Wildman–Crippen LogP) is 2.96. The summed E-state index contributed by atoms with van der Waals surface area (Å²) < 4.78 is 4.94. The van der Waals surface area contributed by atoms with E-state index in [1.165, 1.54) is 12.8 Å². The van der Waals surface area contributed by atoms with Gasteiger partial charge >= 0.3 is 0 Å². The lowest BCUT2D eigenvalue weighted by Gasteiger charge is -1.93. The molecule has 0 atom stereocenters. The Kier molecular flexibility index (Phi) is 5.82. The van der Waals surface area contributed by atoms with Crippen molar-refractivity contribution in [2.75, 3.05) is 13.2 Å². The smallest absolute Gasteiger partial charge is 0.245 e. The predicted molar refractivity (Wildman–Crippen MR) is 49.2 cm³/mol. The Morgan fingerprint density at radius 2 is 1.40 bits per heavy atom. The van der Waals surface area contributed by atoms with Crippen LogP contribution in [0.25, 0.3) is 0 Å². The van der Waals surface area contributed by atoms with Crippen LogP contribution in [0.15, 0.2) is 0 Å². The fourth-order valence-corrected chi connectivity index (χ4v) is 0.510. The van der Waals surface area contributed by atoms with Gasteiger partial charge in [0.05, 0.1) is 0 Å². The number of hydrogen-bond donors (Lipinski definition) is 0. The molecule has 0 spiro atoms. The SMILES string of the molecule is C1CCOC1.C[Si](C)(Cl)Cl. The van der Waals surface area contributed by atoms with Crippen LogP contribution in [-0.4, -0.2) is 19.9 Å². The summed E-state index contributed by atoms with van der Waals surface area (Å²) in [4.78, 5) is 0. The molecule has 0 radical (unpaired) electrons. The first-order valence-corrected chi connectivity index (χ1v) is 8.48. The molecule has 0 aromatic heterocycles. The summed E-state index contributed by atoms with van der Waals surface area (Å²) in [5.41, 5.74) is 0. The molecule has 0 aromatic carbocycles. The molecule has 1 nitrogen and oxygen atoms in total. The van der Waals surface area contributed by atoms with Gasteiger partial charge in [0.25, 0.3) is 0 Å². The van der Waals surface area contributed by atoms with Gasteiger partial charge in [-0.3, -0.25) is 0 Å². The van der Waals surface area contributed by atoms with E-state index in [4.69, 9.17) is 26.9 Å². The normalized spacial score (nSPS) is 18.0. The van der Waals surface area contributed by atoms with Crippen LogP contribution in [-0.2, 0) is 4.74 Å². The molecule has 0 aliphatic carbocycles. The Labute approximate surface area is 73.1 Å². The Balaban J connectivity index is 0.000000162. The van der Waals surface area contributed by atoms with Crippen molar-refractivity contribution in [3.05, 3.63) is 0 Å². The van der Waals surface area contributed by atoms with Gasteiger partial charge in [0, 0.05) is 13.2 Å². The van der Waals surface area contributed by atoms with Crippen molar-refractivity contribution in [3.8, 4) is 0 Å². The van der Waals surface area contributed by atoms with Gasteiger partial charge in [-0.25, -0.2) is 0 Å². The first-order valence-electron chi connectivity index (χ1n) is 3.46. The van der Waals surface area contributed by atoms with Gasteiger partial charge in [-0.15, -0.1) is 22.2 Å². The van der Waals surface area contributed by atoms with E-state index in [1.54, 1.807) is 0 Å². The topological polar surface area (TPSA) is 9.23 Å². The van der Waals surface area contributed by atoms with Crippen LogP contribution in [0.4, 0.5) is 0 Å². The molecule has 62 valence electrons. The zero-order chi connectivity index (χ0) is 8.04. The summed E-state index contributed by atoms with van der Waals surface area (Å²) in [6, 6.07) is 0. The lowest BCUT2D eigenvalue weighted by molar-refractivity contribution is 0.198. The second-order valence-corrected chi connectivity index (χ2v) is 11.6. The molecule has 4 heteroatoms. The maximum absolute atomic E-state index is 5.43. The molecule has 0 bridgehead atoms. The molecular formula is C6H14Cl2OSi. The highest BCUT2D eigenvalue weighted by Gasteiger charge is 2.08. The summed E-state index contributed by atoms with van der Waals surface area (Å²) in [5, 5.41) is 0. The van der Waals surface area contributed by atoms with Gasteiger partial charge in [-0.1, -0.05) is 0 Å². The van der Waals surface area contributed by atoms with Crippen LogP contribution in [0.3, 0.4) is 0 Å². The van der Waals surface area contributed by atoms with Gasteiger partial charge in [-0.2, -0.15) is 0 Å². The van der Waals surface area contributed by atoms with E-state index in [9.17, 15) is 0 Å². The minimum Gasteiger partial charge on any atom is -0.381 e. The van der Waals surface area contributed by atoms with Gasteiger partial charge in [0.2, 0.25) is 6.69 Å². The first-order chi connectivity index (χ1) is 4.50. The van der Waals surface area contributed by atoms with E-state index in [2.05, 4.69) is 0 Å². The summed E-state index contributed by atoms with van der Waals surface area (Å²) >= 11 is 10.9. The number of halogens is 2. The van der Waals surface area contributed by atoms with Crippen molar-refractivity contribution in [1.82, 2.24) is 0 Å². The van der Waals surface area contributed by atoms with Gasteiger partial charge in [0.15, 0.2) is 0 Å². The van der Waals surface area contributed by atoms with Crippen molar-refractivity contribution < 1.29 is 4.74 Å². The van der Waals surface area contributed by atoms with E-state index in [0.717, 1.165) is 13.2 Å². The molecule has 1 heterocycles. The van der Waals surface area contributed by atoms with E-state index >= 15 is 0 Å². The molecule has 10 heavy (non-hydrogen) atoms. The Morgan fingerprint density at radius 3 is 1.50 bits per heavy atom. The molecule has 1 fully saturated rings. The average Bonchev–Trinajstić information content (AvgIpc) is 2.07. The van der Waals surface area contributed by atoms with Crippen molar-refractivity contribution in [2.45, 2.75) is 25.9 Å². The summed E-state index contributed by atoms with van der Waals surface area (Å²) in [5.74, 6) is 0. The van der Waals surface area contributed by atoms with E-state index in [0.29, 0.717) is 0 Å². The van der Waals surface area contributed by atoms with Gasteiger partial charge in [0.1, 0.15) is 0 Å². The van der Waals surface area contributed by atoms with Gasteiger partial charge in [-0.05, 0) is 25.9 Å². The quantitative estimate of drug-likeness (QED) is 0.432. The highest BCUT2D eigenvalue weighted by Crippen LogP contribution is 2.10. The minimum absolute atomic E-state index is 1.00. The third kappa shape index (κ3) is 15.9. The molecule has 0 saturated carbocycles. The molecule has 0 unspecified atom stereocenters. The zero-order valence-corrected chi connectivity index (χ0v) is 9.00. The zero-order valence-electron chi connectivity index (χ0n) is 6.49. The maximum Gasteiger partial charge on any atom is 0.245 e. The second kappa shape index (κ2) is 5.41. The van der Waals surface area contributed by atoms with Crippen molar-refractivity contribution in [1.29, 1.82) is 0 Å². The minimum atomic E-state index is -1.67. The van der Waals surface area contributed by atoms with Crippen molar-refractivity contribution in [3.63, 3.8) is 0 Å². The standard InChI is InChI=1S/C4H8O.C2H6Cl2Si/c1-2-4-5-3-1;1-5(2,3)4/h1-4H2;1-2H3. The summed E-state index contributed by atoms with van der Waals surface area (Å²) in [6.45, 7) is 4.05. The summed E-state index contributed by atoms with van der Waals surface area (Å²) in [6.07, 6.45) is 2.56. The molecular weight excluding hydrogens is 187 g/mol. The number of rotatable bonds is 0. The van der Waals surface area contributed by atoms with Gasteiger partial charge < -0.3 is 4.74 Å². The Bertz CT molecular complexity index is 64.7. The number of ether oxygens (including phenoxy) is 1. The van der Waals surface area contributed by atoms with Crippen LogP contribution in [0, 0.1) is 0 Å². The molecule has 0 N–H and O–H groups in total. The van der Waals surface area contributed by atoms with Crippen LogP contribution in [0.5, 0.6) is 0 Å². The first kappa shape index (κ1) is 10.8. The lowest BCUT2D eigenvalue weighted by Crippen LogP contribution is -2.02. The lowest BCUT2D eigenvalue weighted by atomic mass is 10.4. The third-order valence-corrected chi connectivity index (χ3v) is 0.827. The monoisotopic (exact) mass is 200 g/mol. The molecule has 0 aromatic rings. The maximum atomic E-state index is 5.43. The average molecular weight is 201 g/mol. The highest BCUT2D eigenvalue weighted by molar-refractivity contribution is 7.44. The van der Waals surface area contributed by atoms with E-state index < -0.39 is 6.69 Å².